The molecule has 0 radical (unpaired) electrons. The summed E-state index contributed by atoms with van der Waals surface area (Å²) in [7, 11) is 0. The second-order valence-electron chi connectivity index (χ2n) is 5.84. The lowest BCUT2D eigenvalue weighted by Gasteiger charge is -2.37. The molecule has 2 aliphatic rings. The van der Waals surface area contributed by atoms with E-state index in [9.17, 15) is 4.79 Å². The monoisotopic (exact) mass is 302 g/mol. The standard InChI is InChI=1S/C16H18N2O4/c19-15(13-10-11-12(22-13)2-1-6-17-11)18-14-3-7-21-16(14)4-8-20-9-5-16/h1-2,6,10,14H,3-5,7-9H2,(H,18,19). The molecule has 0 aromatic carbocycles. The maximum atomic E-state index is 12.5. The van der Waals surface area contributed by atoms with Gasteiger partial charge in [-0.25, -0.2) is 0 Å². The zero-order chi connectivity index (χ0) is 15.0. The Morgan fingerprint density at radius 3 is 3.00 bits per heavy atom. The number of pyridine rings is 1. The molecule has 2 aromatic rings. The number of carbonyl (C=O) groups excluding carboxylic acids is 1. The van der Waals surface area contributed by atoms with E-state index in [0.717, 1.165) is 19.3 Å². The van der Waals surface area contributed by atoms with Gasteiger partial charge >= 0.3 is 0 Å². The van der Waals surface area contributed by atoms with Crippen LogP contribution in [0.25, 0.3) is 11.1 Å². The minimum absolute atomic E-state index is 0.00470. The van der Waals surface area contributed by atoms with E-state index >= 15 is 0 Å². The molecule has 22 heavy (non-hydrogen) atoms. The fourth-order valence-corrected chi connectivity index (χ4v) is 3.37. The molecule has 1 atom stereocenters. The number of fused-ring (bicyclic) bond motifs is 1. The highest BCUT2D eigenvalue weighted by Gasteiger charge is 2.46. The highest BCUT2D eigenvalue weighted by molar-refractivity contribution is 5.95. The molecule has 2 aromatic heterocycles. The van der Waals surface area contributed by atoms with Gasteiger partial charge in [0.05, 0.1) is 11.6 Å². The maximum absolute atomic E-state index is 12.5. The second kappa shape index (κ2) is 5.37. The molecule has 0 saturated carbocycles. The average Bonchev–Trinajstić information content (AvgIpc) is 3.13. The molecule has 0 aliphatic carbocycles. The fraction of sp³-hybridized carbons (Fsp3) is 0.500. The summed E-state index contributed by atoms with van der Waals surface area (Å²) < 4.78 is 16.9. The zero-order valence-corrected chi connectivity index (χ0v) is 12.2. The summed E-state index contributed by atoms with van der Waals surface area (Å²) in [5.41, 5.74) is 1.03. The first kappa shape index (κ1) is 13.7. The van der Waals surface area contributed by atoms with Crippen molar-refractivity contribution >= 4 is 17.0 Å². The second-order valence-corrected chi connectivity index (χ2v) is 5.84. The van der Waals surface area contributed by atoms with Crippen LogP contribution in [0.4, 0.5) is 0 Å². The van der Waals surface area contributed by atoms with Gasteiger partial charge in [0, 0.05) is 44.9 Å². The molecule has 2 saturated heterocycles. The number of hydrogen-bond donors (Lipinski definition) is 1. The SMILES string of the molecule is O=C(NC1CCOC12CCOCC2)c1cc2ncccc2o1. The van der Waals surface area contributed by atoms with Crippen LogP contribution in [0.3, 0.4) is 0 Å². The number of hydrogen-bond acceptors (Lipinski definition) is 5. The molecule has 116 valence electrons. The van der Waals surface area contributed by atoms with E-state index in [2.05, 4.69) is 10.3 Å². The fourth-order valence-electron chi connectivity index (χ4n) is 3.37. The first-order chi connectivity index (χ1) is 10.8. The highest BCUT2D eigenvalue weighted by Crippen LogP contribution is 2.35. The summed E-state index contributed by atoms with van der Waals surface area (Å²) in [4.78, 5) is 16.7. The average molecular weight is 302 g/mol. The molecule has 1 unspecified atom stereocenters. The van der Waals surface area contributed by atoms with Crippen LogP contribution in [0.2, 0.25) is 0 Å². The molecule has 1 amide bonds. The van der Waals surface area contributed by atoms with E-state index < -0.39 is 0 Å². The lowest BCUT2D eigenvalue weighted by atomic mass is 9.86. The molecule has 2 fully saturated rings. The maximum Gasteiger partial charge on any atom is 0.287 e. The van der Waals surface area contributed by atoms with Crippen molar-refractivity contribution in [3.63, 3.8) is 0 Å². The first-order valence-electron chi connectivity index (χ1n) is 7.64. The molecule has 4 rings (SSSR count). The summed E-state index contributed by atoms with van der Waals surface area (Å²) >= 11 is 0. The van der Waals surface area contributed by atoms with E-state index in [1.54, 1.807) is 24.4 Å². The Bertz CT molecular complexity index is 657. The lowest BCUT2D eigenvalue weighted by Crippen LogP contribution is -2.52. The summed E-state index contributed by atoms with van der Waals surface area (Å²) in [5.74, 6) is 0.0853. The van der Waals surface area contributed by atoms with Crippen molar-refractivity contribution in [1.82, 2.24) is 10.3 Å². The van der Waals surface area contributed by atoms with Crippen LogP contribution in [0.15, 0.2) is 28.8 Å². The van der Waals surface area contributed by atoms with Gasteiger partial charge in [0.1, 0.15) is 5.52 Å². The summed E-state index contributed by atoms with van der Waals surface area (Å²) in [6.07, 6.45) is 4.14. The van der Waals surface area contributed by atoms with Crippen LogP contribution < -0.4 is 5.32 Å². The number of furan rings is 1. The topological polar surface area (TPSA) is 73.6 Å². The Morgan fingerprint density at radius 1 is 1.32 bits per heavy atom. The van der Waals surface area contributed by atoms with Crippen molar-refractivity contribution in [2.75, 3.05) is 19.8 Å². The molecular weight excluding hydrogens is 284 g/mol. The minimum Gasteiger partial charge on any atom is -0.449 e. The lowest BCUT2D eigenvalue weighted by molar-refractivity contribution is -0.0873. The highest BCUT2D eigenvalue weighted by atomic mass is 16.5. The molecule has 0 bridgehead atoms. The number of amides is 1. The van der Waals surface area contributed by atoms with E-state index in [1.165, 1.54) is 0 Å². The van der Waals surface area contributed by atoms with Crippen LogP contribution in [0.1, 0.15) is 29.8 Å². The molecular formula is C16H18N2O4. The first-order valence-corrected chi connectivity index (χ1v) is 7.64. The van der Waals surface area contributed by atoms with Crippen molar-refractivity contribution < 1.29 is 18.7 Å². The van der Waals surface area contributed by atoms with Gasteiger partial charge in [-0.15, -0.1) is 0 Å². The number of nitrogens with zero attached hydrogens (tertiary/aromatic N) is 1. The Labute approximate surface area is 127 Å². The summed E-state index contributed by atoms with van der Waals surface area (Å²) in [6, 6.07) is 5.27. The van der Waals surface area contributed by atoms with Gasteiger partial charge in [-0.3, -0.25) is 9.78 Å². The van der Waals surface area contributed by atoms with Crippen LogP contribution in [-0.2, 0) is 9.47 Å². The third kappa shape index (κ3) is 2.28. The van der Waals surface area contributed by atoms with Gasteiger partial charge in [0.2, 0.25) is 0 Å². The third-order valence-corrected chi connectivity index (χ3v) is 4.59. The Morgan fingerprint density at radius 2 is 2.18 bits per heavy atom. The third-order valence-electron chi connectivity index (χ3n) is 4.59. The summed E-state index contributed by atoms with van der Waals surface area (Å²) in [5, 5.41) is 3.08. The van der Waals surface area contributed by atoms with Gasteiger partial charge in [-0.1, -0.05) is 0 Å². The van der Waals surface area contributed by atoms with Crippen LogP contribution in [0, 0.1) is 0 Å². The summed E-state index contributed by atoms with van der Waals surface area (Å²) in [6.45, 7) is 2.04. The Kier molecular flexibility index (Phi) is 3.35. The largest absolute Gasteiger partial charge is 0.449 e. The number of ether oxygens (including phenoxy) is 2. The van der Waals surface area contributed by atoms with Crippen molar-refractivity contribution in [2.24, 2.45) is 0 Å². The van der Waals surface area contributed by atoms with Gasteiger partial charge in [-0.2, -0.15) is 0 Å². The number of nitrogens with one attached hydrogen (secondary N) is 1. The number of carbonyl (C=O) groups is 1. The quantitative estimate of drug-likeness (QED) is 0.917. The van der Waals surface area contributed by atoms with Crippen molar-refractivity contribution in [1.29, 1.82) is 0 Å². The number of rotatable bonds is 2. The van der Waals surface area contributed by atoms with Crippen LogP contribution in [0.5, 0.6) is 0 Å². The molecule has 4 heterocycles. The van der Waals surface area contributed by atoms with E-state index in [4.69, 9.17) is 13.9 Å². The van der Waals surface area contributed by atoms with Crippen LogP contribution in [-0.4, -0.2) is 42.4 Å². The van der Waals surface area contributed by atoms with Crippen molar-refractivity contribution in [3.8, 4) is 0 Å². The predicted molar refractivity (Wildman–Crippen MR) is 78.6 cm³/mol. The van der Waals surface area contributed by atoms with Gasteiger partial charge < -0.3 is 19.2 Å². The smallest absolute Gasteiger partial charge is 0.287 e. The van der Waals surface area contributed by atoms with E-state index in [1.807, 2.05) is 0 Å². The van der Waals surface area contributed by atoms with Crippen molar-refractivity contribution in [2.45, 2.75) is 30.9 Å². The minimum atomic E-state index is -0.280. The van der Waals surface area contributed by atoms with Crippen LogP contribution >= 0.6 is 0 Å². The molecule has 6 heteroatoms. The van der Waals surface area contributed by atoms with Gasteiger partial charge in [-0.05, 0) is 18.6 Å². The molecule has 6 nitrogen and oxygen atoms in total. The Hall–Kier alpha value is -1.92. The Balaban J connectivity index is 1.53. The normalized spacial score (nSPS) is 23.9. The van der Waals surface area contributed by atoms with E-state index in [0.29, 0.717) is 36.7 Å². The number of aromatic nitrogens is 1. The molecule has 1 N–H and O–H groups in total. The van der Waals surface area contributed by atoms with E-state index in [-0.39, 0.29) is 17.6 Å². The molecule has 2 aliphatic heterocycles. The van der Waals surface area contributed by atoms with Gasteiger partial charge in [0.15, 0.2) is 11.3 Å². The predicted octanol–water partition coefficient (Wildman–Crippen LogP) is 1.90. The van der Waals surface area contributed by atoms with Crippen molar-refractivity contribution in [3.05, 3.63) is 30.2 Å². The van der Waals surface area contributed by atoms with Gasteiger partial charge in [0.25, 0.3) is 5.91 Å². The molecule has 1 spiro atoms. The zero-order valence-electron chi connectivity index (χ0n) is 12.2.